The molecule has 0 aromatic heterocycles. The van der Waals surface area contributed by atoms with Crippen molar-refractivity contribution < 1.29 is 22.9 Å². The summed E-state index contributed by atoms with van der Waals surface area (Å²) in [5.74, 6) is -0.977. The number of anilines is 1. The minimum absolute atomic E-state index is 0.0731. The zero-order valence-corrected chi connectivity index (χ0v) is 11.5. The summed E-state index contributed by atoms with van der Waals surface area (Å²) in [7, 11) is 0. The van der Waals surface area contributed by atoms with Crippen LogP contribution in [0.1, 0.15) is 18.4 Å². The average molecular weight is 317 g/mol. The minimum atomic E-state index is -4.65. The van der Waals surface area contributed by atoms with Crippen molar-refractivity contribution in [1.29, 1.82) is 0 Å². The van der Waals surface area contributed by atoms with Gasteiger partial charge in [0.1, 0.15) is 5.69 Å². The van der Waals surface area contributed by atoms with Crippen LogP contribution in [0.5, 0.6) is 0 Å². The summed E-state index contributed by atoms with van der Waals surface area (Å²) in [6.45, 7) is 0.595. The maximum atomic E-state index is 12.7. The first-order valence-corrected chi connectivity index (χ1v) is 6.60. The molecule has 1 heterocycles. The predicted molar refractivity (Wildman–Crippen MR) is 72.2 cm³/mol. The van der Waals surface area contributed by atoms with Crippen molar-refractivity contribution in [2.45, 2.75) is 19.0 Å². The molecular formula is C13H14F3N3O3. The number of nitrogens with zero attached hydrogens (tertiary/aromatic N) is 2. The van der Waals surface area contributed by atoms with Gasteiger partial charge >= 0.3 is 6.18 Å². The van der Waals surface area contributed by atoms with Gasteiger partial charge in [-0.25, -0.2) is 0 Å². The summed E-state index contributed by atoms with van der Waals surface area (Å²) in [6, 6.07) is 2.39. The Labute approximate surface area is 123 Å². The van der Waals surface area contributed by atoms with E-state index in [2.05, 4.69) is 0 Å². The summed E-state index contributed by atoms with van der Waals surface area (Å²) in [4.78, 5) is 23.0. The van der Waals surface area contributed by atoms with Crippen LogP contribution in [0.4, 0.5) is 24.5 Å². The van der Waals surface area contributed by atoms with Crippen molar-refractivity contribution in [2.24, 2.45) is 11.7 Å². The molecule has 0 aliphatic carbocycles. The van der Waals surface area contributed by atoms with Crippen LogP contribution in [0.25, 0.3) is 0 Å². The van der Waals surface area contributed by atoms with E-state index >= 15 is 0 Å². The van der Waals surface area contributed by atoms with Crippen molar-refractivity contribution in [3.8, 4) is 0 Å². The first kappa shape index (κ1) is 16.1. The van der Waals surface area contributed by atoms with Gasteiger partial charge in [0.15, 0.2) is 0 Å². The second-order valence-electron chi connectivity index (χ2n) is 5.15. The molecule has 1 amide bonds. The lowest BCUT2D eigenvalue weighted by molar-refractivity contribution is -0.384. The van der Waals surface area contributed by atoms with E-state index < -0.39 is 34.2 Å². The Balaban J connectivity index is 2.38. The molecule has 2 N–H and O–H groups in total. The third kappa shape index (κ3) is 3.29. The Hall–Kier alpha value is -2.32. The van der Waals surface area contributed by atoms with Gasteiger partial charge in [0.05, 0.1) is 16.4 Å². The highest BCUT2D eigenvalue weighted by Gasteiger charge is 2.34. The number of hydrogen-bond acceptors (Lipinski definition) is 4. The van der Waals surface area contributed by atoms with Crippen molar-refractivity contribution in [2.75, 3.05) is 18.0 Å². The van der Waals surface area contributed by atoms with Gasteiger partial charge in [-0.1, -0.05) is 0 Å². The first-order valence-electron chi connectivity index (χ1n) is 6.60. The van der Waals surface area contributed by atoms with Gasteiger partial charge in [-0.3, -0.25) is 14.9 Å². The zero-order chi connectivity index (χ0) is 16.5. The van der Waals surface area contributed by atoms with E-state index in [0.717, 1.165) is 12.1 Å². The maximum absolute atomic E-state index is 12.7. The number of alkyl halides is 3. The third-order valence-electron chi connectivity index (χ3n) is 3.66. The fourth-order valence-corrected chi connectivity index (χ4v) is 2.54. The van der Waals surface area contributed by atoms with Crippen LogP contribution >= 0.6 is 0 Å². The first-order chi connectivity index (χ1) is 10.2. The molecule has 2 rings (SSSR count). The number of benzene rings is 1. The molecule has 1 fully saturated rings. The smallest absolute Gasteiger partial charge is 0.369 e. The molecular weight excluding hydrogens is 303 g/mol. The zero-order valence-electron chi connectivity index (χ0n) is 11.5. The molecule has 1 saturated heterocycles. The lowest BCUT2D eigenvalue weighted by Crippen LogP contribution is -2.41. The quantitative estimate of drug-likeness (QED) is 0.684. The van der Waals surface area contributed by atoms with Gasteiger partial charge < -0.3 is 10.6 Å². The minimum Gasteiger partial charge on any atom is -0.369 e. The van der Waals surface area contributed by atoms with Crippen LogP contribution in [-0.2, 0) is 11.0 Å². The summed E-state index contributed by atoms with van der Waals surface area (Å²) in [6.07, 6.45) is -3.49. The lowest BCUT2D eigenvalue weighted by Gasteiger charge is -2.32. The average Bonchev–Trinajstić information content (AvgIpc) is 2.45. The molecule has 0 saturated carbocycles. The molecule has 0 bridgehead atoms. The summed E-state index contributed by atoms with van der Waals surface area (Å²) in [5.41, 5.74) is 3.61. The number of piperidine rings is 1. The Kier molecular flexibility index (Phi) is 4.25. The summed E-state index contributed by atoms with van der Waals surface area (Å²) < 4.78 is 38.0. The Morgan fingerprint density at radius 1 is 1.41 bits per heavy atom. The topological polar surface area (TPSA) is 89.5 Å². The van der Waals surface area contributed by atoms with Gasteiger partial charge in [-0.05, 0) is 25.0 Å². The number of rotatable bonds is 3. The van der Waals surface area contributed by atoms with E-state index in [1.165, 1.54) is 4.90 Å². The predicted octanol–water partition coefficient (Wildman–Crippen LogP) is 2.32. The lowest BCUT2D eigenvalue weighted by atomic mass is 9.96. The van der Waals surface area contributed by atoms with Crippen LogP contribution < -0.4 is 10.6 Å². The molecule has 1 atom stereocenters. The van der Waals surface area contributed by atoms with E-state index in [1.807, 2.05) is 0 Å². The van der Waals surface area contributed by atoms with Gasteiger partial charge in [0, 0.05) is 19.2 Å². The number of amides is 1. The number of hydrogen-bond donors (Lipinski definition) is 1. The summed E-state index contributed by atoms with van der Waals surface area (Å²) in [5, 5.41) is 11.1. The highest BCUT2D eigenvalue weighted by atomic mass is 19.4. The highest BCUT2D eigenvalue weighted by Crippen LogP contribution is 2.37. The number of carbonyl (C=O) groups is 1. The molecule has 1 aromatic rings. The molecule has 9 heteroatoms. The third-order valence-corrected chi connectivity index (χ3v) is 3.66. The standard InChI is InChI=1S/C13H14F3N3O3/c14-13(15,16)9-3-4-10(11(6-9)19(21)22)18-5-1-2-8(7-18)12(17)20/h3-4,6,8H,1-2,5,7H2,(H2,17,20)/t8-/m1/s1. The maximum Gasteiger partial charge on any atom is 0.416 e. The van der Waals surface area contributed by atoms with Crippen molar-refractivity contribution in [3.05, 3.63) is 33.9 Å². The van der Waals surface area contributed by atoms with Crippen molar-refractivity contribution in [1.82, 2.24) is 0 Å². The molecule has 6 nitrogen and oxygen atoms in total. The number of primary amides is 1. The van der Waals surface area contributed by atoms with E-state index in [9.17, 15) is 28.1 Å². The summed E-state index contributed by atoms with van der Waals surface area (Å²) >= 11 is 0. The highest BCUT2D eigenvalue weighted by molar-refractivity contribution is 5.78. The normalized spacial score (nSPS) is 19.0. The number of halogens is 3. The monoisotopic (exact) mass is 317 g/mol. The van der Waals surface area contributed by atoms with Crippen molar-refractivity contribution in [3.63, 3.8) is 0 Å². The number of nitro groups is 1. The molecule has 0 spiro atoms. The molecule has 1 aromatic carbocycles. The van der Waals surface area contributed by atoms with Crippen LogP contribution in [0.3, 0.4) is 0 Å². The Morgan fingerprint density at radius 3 is 2.64 bits per heavy atom. The molecule has 120 valence electrons. The van der Waals surface area contributed by atoms with Gasteiger partial charge in [-0.2, -0.15) is 13.2 Å². The van der Waals surface area contributed by atoms with E-state index in [4.69, 9.17) is 5.73 Å². The van der Waals surface area contributed by atoms with Crippen LogP contribution in [0, 0.1) is 16.0 Å². The fraction of sp³-hybridized carbons (Fsp3) is 0.462. The second kappa shape index (κ2) is 5.82. The van der Waals surface area contributed by atoms with E-state index in [-0.39, 0.29) is 12.2 Å². The van der Waals surface area contributed by atoms with Crippen LogP contribution in [-0.4, -0.2) is 23.9 Å². The molecule has 22 heavy (non-hydrogen) atoms. The van der Waals surface area contributed by atoms with Gasteiger partial charge in [-0.15, -0.1) is 0 Å². The van der Waals surface area contributed by atoms with Crippen LogP contribution in [0.15, 0.2) is 18.2 Å². The fourth-order valence-electron chi connectivity index (χ4n) is 2.54. The SMILES string of the molecule is NC(=O)[C@@H]1CCCN(c2ccc(C(F)(F)F)cc2[N+](=O)[O-])C1. The number of carbonyl (C=O) groups excluding carboxylic acids is 1. The Bertz CT molecular complexity index is 604. The Morgan fingerprint density at radius 2 is 2.09 bits per heavy atom. The van der Waals surface area contributed by atoms with Gasteiger partial charge in [0.2, 0.25) is 5.91 Å². The second-order valence-corrected chi connectivity index (χ2v) is 5.15. The van der Waals surface area contributed by atoms with Gasteiger partial charge in [0.25, 0.3) is 5.69 Å². The van der Waals surface area contributed by atoms with E-state index in [0.29, 0.717) is 25.5 Å². The molecule has 1 aliphatic heterocycles. The molecule has 0 unspecified atom stereocenters. The molecule has 1 aliphatic rings. The largest absolute Gasteiger partial charge is 0.416 e. The molecule has 0 radical (unpaired) electrons. The van der Waals surface area contributed by atoms with Crippen molar-refractivity contribution >= 4 is 17.3 Å². The number of nitro benzene ring substituents is 1. The van der Waals surface area contributed by atoms with E-state index in [1.54, 1.807) is 0 Å². The van der Waals surface area contributed by atoms with Crippen LogP contribution in [0.2, 0.25) is 0 Å². The number of nitrogens with two attached hydrogens (primary N) is 1.